The molecule has 0 spiro atoms. The predicted octanol–water partition coefficient (Wildman–Crippen LogP) is 1.95. The highest BCUT2D eigenvalue weighted by molar-refractivity contribution is 5.30. The van der Waals surface area contributed by atoms with Gasteiger partial charge >= 0.3 is 0 Å². The van der Waals surface area contributed by atoms with Crippen LogP contribution in [0.25, 0.3) is 0 Å². The van der Waals surface area contributed by atoms with Crippen LogP contribution in [0.4, 0.5) is 0 Å². The number of rotatable bonds is 5. The topological polar surface area (TPSA) is 24.3 Å². The van der Waals surface area contributed by atoms with E-state index in [0.717, 1.165) is 38.3 Å². The molecule has 22 heavy (non-hydrogen) atoms. The average molecular weight is 298 g/mol. The lowest BCUT2D eigenvalue weighted by atomic mass is 9.94. The molecule has 0 N–H and O–H groups in total. The second-order valence-electron chi connectivity index (χ2n) is 6.51. The summed E-state index contributed by atoms with van der Waals surface area (Å²) in [5, 5.41) is 0. The number of aryl methyl sites for hydroxylation is 1. The maximum absolute atomic E-state index is 4.41. The molecule has 0 radical (unpaired) electrons. The zero-order valence-corrected chi connectivity index (χ0v) is 13.9. The van der Waals surface area contributed by atoms with E-state index >= 15 is 0 Å². The summed E-state index contributed by atoms with van der Waals surface area (Å²) < 4.78 is 2.11. The molecule has 1 aromatic carbocycles. The van der Waals surface area contributed by atoms with Crippen LogP contribution in [0.15, 0.2) is 36.7 Å². The predicted molar refractivity (Wildman–Crippen MR) is 89.8 cm³/mol. The van der Waals surface area contributed by atoms with E-state index in [1.807, 2.05) is 12.4 Å². The van der Waals surface area contributed by atoms with Crippen LogP contribution >= 0.6 is 0 Å². The number of hydrogen-bond acceptors (Lipinski definition) is 3. The molecule has 1 unspecified atom stereocenters. The monoisotopic (exact) mass is 298 g/mol. The molecule has 2 heterocycles. The Bertz CT molecular complexity index is 619. The molecule has 3 rings (SSSR count). The number of fused-ring (bicyclic) bond motifs is 1. The summed E-state index contributed by atoms with van der Waals surface area (Å²) in [6.45, 7) is 3.22. The van der Waals surface area contributed by atoms with Crippen LogP contribution in [0.1, 0.15) is 17.0 Å². The summed E-state index contributed by atoms with van der Waals surface area (Å²) in [6.07, 6.45) is 6.05. The third kappa shape index (κ3) is 3.39. The van der Waals surface area contributed by atoms with Gasteiger partial charge < -0.3 is 9.47 Å². The van der Waals surface area contributed by atoms with E-state index in [2.05, 4.69) is 64.8 Å². The molecule has 1 aliphatic rings. The third-order valence-electron chi connectivity index (χ3n) is 4.78. The normalized spacial score (nSPS) is 18.6. The molecule has 0 amide bonds. The van der Waals surface area contributed by atoms with Crippen molar-refractivity contribution in [2.45, 2.75) is 25.4 Å². The zero-order chi connectivity index (χ0) is 15.5. The first-order chi connectivity index (χ1) is 10.6. The van der Waals surface area contributed by atoms with Gasteiger partial charge in [-0.2, -0.15) is 0 Å². The Morgan fingerprint density at radius 3 is 2.73 bits per heavy atom. The highest BCUT2D eigenvalue weighted by atomic mass is 15.2. The standard InChI is InChI=1S/C18H26N4/c1-20(10-8-18-19-9-11-21(18)2)14-17-12-15-6-4-5-7-16(15)13-22(17)3/h4-7,9,11,17H,8,10,12-14H2,1-3H3. The van der Waals surface area contributed by atoms with Crippen molar-refractivity contribution >= 4 is 0 Å². The smallest absolute Gasteiger partial charge is 0.109 e. The van der Waals surface area contributed by atoms with Crippen molar-refractivity contribution in [1.29, 1.82) is 0 Å². The van der Waals surface area contributed by atoms with Crippen LogP contribution in [0, 0.1) is 0 Å². The molecule has 1 aromatic heterocycles. The first kappa shape index (κ1) is 15.3. The van der Waals surface area contributed by atoms with Gasteiger partial charge in [-0.15, -0.1) is 0 Å². The minimum absolute atomic E-state index is 0.598. The maximum atomic E-state index is 4.41. The number of nitrogens with zero attached hydrogens (tertiary/aromatic N) is 4. The third-order valence-corrected chi connectivity index (χ3v) is 4.78. The molecule has 1 atom stereocenters. The van der Waals surface area contributed by atoms with Crippen molar-refractivity contribution in [2.75, 3.05) is 27.2 Å². The molecule has 118 valence electrons. The first-order valence-electron chi connectivity index (χ1n) is 8.05. The number of likely N-dealkylation sites (N-methyl/N-ethyl adjacent to an activating group) is 2. The van der Waals surface area contributed by atoms with Crippen LogP contribution in [0.2, 0.25) is 0 Å². The van der Waals surface area contributed by atoms with Crippen LogP contribution < -0.4 is 0 Å². The van der Waals surface area contributed by atoms with Crippen LogP contribution in [-0.2, 0) is 26.4 Å². The lowest BCUT2D eigenvalue weighted by molar-refractivity contribution is 0.162. The van der Waals surface area contributed by atoms with Gasteiger partial charge in [0.2, 0.25) is 0 Å². The van der Waals surface area contributed by atoms with Gasteiger partial charge in [-0.1, -0.05) is 24.3 Å². The van der Waals surface area contributed by atoms with Crippen molar-refractivity contribution in [3.63, 3.8) is 0 Å². The van der Waals surface area contributed by atoms with Gasteiger partial charge in [0.05, 0.1) is 0 Å². The number of benzene rings is 1. The fourth-order valence-corrected chi connectivity index (χ4v) is 3.30. The van der Waals surface area contributed by atoms with Crippen molar-refractivity contribution in [3.05, 3.63) is 53.6 Å². The summed E-state index contributed by atoms with van der Waals surface area (Å²) in [5.74, 6) is 1.16. The van der Waals surface area contributed by atoms with Gasteiger partial charge in [-0.3, -0.25) is 4.90 Å². The Balaban J connectivity index is 1.55. The van der Waals surface area contributed by atoms with Crippen LogP contribution in [0.3, 0.4) is 0 Å². The van der Waals surface area contributed by atoms with Crippen molar-refractivity contribution in [1.82, 2.24) is 19.4 Å². The Morgan fingerprint density at radius 2 is 2.00 bits per heavy atom. The van der Waals surface area contributed by atoms with Gasteiger partial charge in [0, 0.05) is 51.5 Å². The molecule has 0 saturated heterocycles. The van der Waals surface area contributed by atoms with E-state index in [4.69, 9.17) is 0 Å². The molecule has 0 saturated carbocycles. The first-order valence-corrected chi connectivity index (χ1v) is 8.05. The van der Waals surface area contributed by atoms with E-state index in [-0.39, 0.29) is 0 Å². The average Bonchev–Trinajstić information content (AvgIpc) is 2.91. The lowest BCUT2D eigenvalue weighted by Gasteiger charge is -2.36. The fourth-order valence-electron chi connectivity index (χ4n) is 3.30. The van der Waals surface area contributed by atoms with E-state index in [1.54, 1.807) is 0 Å². The van der Waals surface area contributed by atoms with E-state index in [0.29, 0.717) is 6.04 Å². The van der Waals surface area contributed by atoms with E-state index < -0.39 is 0 Å². The van der Waals surface area contributed by atoms with E-state index in [9.17, 15) is 0 Å². The Hall–Kier alpha value is -1.65. The molecule has 1 aliphatic heterocycles. The molecule has 0 aliphatic carbocycles. The highest BCUT2D eigenvalue weighted by Gasteiger charge is 2.23. The summed E-state index contributed by atoms with van der Waals surface area (Å²) in [4.78, 5) is 9.33. The lowest BCUT2D eigenvalue weighted by Crippen LogP contribution is -2.45. The SMILES string of the molecule is CN(CCc1nccn1C)CC1Cc2ccccc2CN1C. The van der Waals surface area contributed by atoms with Crippen molar-refractivity contribution in [3.8, 4) is 0 Å². The number of hydrogen-bond donors (Lipinski definition) is 0. The van der Waals surface area contributed by atoms with Gasteiger partial charge in [-0.25, -0.2) is 4.98 Å². The molecule has 0 fully saturated rings. The Kier molecular flexibility index (Phi) is 4.60. The zero-order valence-electron chi connectivity index (χ0n) is 13.9. The maximum Gasteiger partial charge on any atom is 0.109 e. The van der Waals surface area contributed by atoms with Crippen molar-refractivity contribution in [2.24, 2.45) is 7.05 Å². The molecule has 4 heteroatoms. The summed E-state index contributed by atoms with van der Waals surface area (Å²) >= 11 is 0. The highest BCUT2D eigenvalue weighted by Crippen LogP contribution is 2.22. The fraction of sp³-hybridized carbons (Fsp3) is 0.500. The molecular formula is C18H26N4. The summed E-state index contributed by atoms with van der Waals surface area (Å²) in [6, 6.07) is 9.44. The largest absolute Gasteiger partial charge is 0.338 e. The summed E-state index contributed by atoms with van der Waals surface area (Å²) in [5.41, 5.74) is 3.00. The Morgan fingerprint density at radius 1 is 1.23 bits per heavy atom. The summed E-state index contributed by atoms with van der Waals surface area (Å²) in [7, 11) is 6.53. The minimum atomic E-state index is 0.598. The number of imidazole rings is 1. The Labute approximate surface area is 133 Å². The second kappa shape index (κ2) is 6.63. The van der Waals surface area contributed by atoms with Crippen molar-refractivity contribution < 1.29 is 0 Å². The van der Waals surface area contributed by atoms with Gasteiger partial charge in [-0.05, 0) is 31.6 Å². The molecular weight excluding hydrogens is 272 g/mol. The van der Waals surface area contributed by atoms with Gasteiger partial charge in [0.1, 0.15) is 5.82 Å². The van der Waals surface area contributed by atoms with E-state index in [1.165, 1.54) is 11.1 Å². The quantitative estimate of drug-likeness (QED) is 0.843. The van der Waals surface area contributed by atoms with Crippen LogP contribution in [0.5, 0.6) is 0 Å². The molecule has 0 bridgehead atoms. The van der Waals surface area contributed by atoms with Gasteiger partial charge in [0.25, 0.3) is 0 Å². The number of aromatic nitrogens is 2. The second-order valence-corrected chi connectivity index (χ2v) is 6.51. The van der Waals surface area contributed by atoms with Gasteiger partial charge in [0.15, 0.2) is 0 Å². The van der Waals surface area contributed by atoms with Crippen LogP contribution in [-0.4, -0.2) is 52.6 Å². The molecule has 2 aromatic rings. The minimum Gasteiger partial charge on any atom is -0.338 e. The molecule has 4 nitrogen and oxygen atoms in total.